The predicted octanol–water partition coefficient (Wildman–Crippen LogP) is 4.24. The van der Waals surface area contributed by atoms with E-state index in [2.05, 4.69) is 30.8 Å². The summed E-state index contributed by atoms with van der Waals surface area (Å²) >= 11 is 0. The van der Waals surface area contributed by atoms with E-state index in [1.165, 1.54) is 0 Å². The molecular weight excluding hydrogens is 294 g/mol. The van der Waals surface area contributed by atoms with Gasteiger partial charge in [-0.2, -0.15) is 5.10 Å². The molecule has 1 heterocycles. The average molecular weight is 314 g/mol. The number of benzene rings is 2. The van der Waals surface area contributed by atoms with Crippen molar-refractivity contribution in [2.75, 3.05) is 0 Å². The zero-order valence-electron chi connectivity index (χ0n) is 12.6. The van der Waals surface area contributed by atoms with Crippen molar-refractivity contribution in [3.05, 3.63) is 66.7 Å². The lowest BCUT2D eigenvalue weighted by Gasteiger charge is -2.14. The summed E-state index contributed by atoms with van der Waals surface area (Å²) < 4.78 is 1.92. The molecule has 0 fully saturated rings. The summed E-state index contributed by atoms with van der Waals surface area (Å²) in [6.45, 7) is 3.78. The molecule has 1 unspecified atom stereocenters. The molecule has 0 saturated carbocycles. The number of aryl methyl sites for hydroxylation is 1. The Morgan fingerprint density at radius 3 is 2.64 bits per heavy atom. The number of nitrogens with two attached hydrogens (primary N) is 1. The number of hydrogen-bond donors (Lipinski definition) is 1. The van der Waals surface area contributed by atoms with Gasteiger partial charge >= 0.3 is 0 Å². The maximum Gasteiger partial charge on any atom is 0.100 e. The molecule has 0 spiro atoms. The molecule has 3 rings (SSSR count). The van der Waals surface area contributed by atoms with Crippen molar-refractivity contribution < 1.29 is 0 Å². The molecule has 2 N–H and O–H groups in total. The van der Waals surface area contributed by atoms with Crippen molar-refractivity contribution in [3.63, 3.8) is 0 Å². The van der Waals surface area contributed by atoms with Crippen LogP contribution >= 0.6 is 12.4 Å². The van der Waals surface area contributed by atoms with Gasteiger partial charge in [0.25, 0.3) is 0 Å². The first-order valence-corrected chi connectivity index (χ1v) is 7.10. The first-order valence-electron chi connectivity index (χ1n) is 7.10. The van der Waals surface area contributed by atoms with E-state index in [1.807, 2.05) is 42.1 Å². The lowest BCUT2D eigenvalue weighted by molar-refractivity contribution is 0.741. The van der Waals surface area contributed by atoms with Crippen LogP contribution in [0.25, 0.3) is 22.2 Å². The molecule has 114 valence electrons. The zero-order chi connectivity index (χ0) is 14.8. The second-order valence-electron chi connectivity index (χ2n) is 5.21. The number of halogens is 1. The van der Waals surface area contributed by atoms with E-state index in [-0.39, 0.29) is 18.4 Å². The van der Waals surface area contributed by atoms with Crippen molar-refractivity contribution in [3.8, 4) is 11.3 Å². The van der Waals surface area contributed by atoms with Crippen LogP contribution in [0.15, 0.2) is 61.2 Å². The summed E-state index contributed by atoms with van der Waals surface area (Å²) in [5.41, 5.74) is 10.6. The monoisotopic (exact) mass is 313 g/mol. The second-order valence-corrected chi connectivity index (χ2v) is 5.21. The minimum atomic E-state index is -0.0560. The normalized spacial score (nSPS) is 11.9. The maximum atomic E-state index is 6.29. The Bertz CT molecular complexity index is 792. The van der Waals surface area contributed by atoms with Gasteiger partial charge in [-0.15, -0.1) is 19.0 Å². The van der Waals surface area contributed by atoms with Crippen LogP contribution < -0.4 is 5.73 Å². The van der Waals surface area contributed by atoms with E-state index in [1.54, 1.807) is 0 Å². The fourth-order valence-corrected chi connectivity index (χ4v) is 2.76. The highest BCUT2D eigenvalue weighted by Gasteiger charge is 2.16. The largest absolute Gasteiger partial charge is 0.324 e. The van der Waals surface area contributed by atoms with Crippen molar-refractivity contribution in [1.29, 1.82) is 0 Å². The number of nitrogens with zero attached hydrogens (tertiary/aromatic N) is 2. The lowest BCUT2D eigenvalue weighted by Crippen LogP contribution is -2.10. The van der Waals surface area contributed by atoms with Crippen LogP contribution in [0.1, 0.15) is 18.0 Å². The van der Waals surface area contributed by atoms with Gasteiger partial charge in [0.15, 0.2) is 0 Å². The van der Waals surface area contributed by atoms with Gasteiger partial charge < -0.3 is 5.73 Å². The van der Waals surface area contributed by atoms with Gasteiger partial charge in [0.05, 0.1) is 5.52 Å². The van der Waals surface area contributed by atoms with Gasteiger partial charge in [0.2, 0.25) is 0 Å². The molecule has 0 saturated heterocycles. The summed E-state index contributed by atoms with van der Waals surface area (Å²) in [7, 11) is 1.97. The molecule has 4 heteroatoms. The zero-order valence-corrected chi connectivity index (χ0v) is 13.4. The lowest BCUT2D eigenvalue weighted by atomic mass is 9.95. The molecule has 1 aromatic heterocycles. The van der Waals surface area contributed by atoms with Gasteiger partial charge in [0, 0.05) is 24.0 Å². The Morgan fingerprint density at radius 2 is 1.86 bits per heavy atom. The van der Waals surface area contributed by atoms with Gasteiger partial charge in [0.1, 0.15) is 5.69 Å². The van der Waals surface area contributed by atoms with Gasteiger partial charge in [-0.3, -0.25) is 4.68 Å². The maximum absolute atomic E-state index is 6.29. The molecule has 0 aliphatic rings. The van der Waals surface area contributed by atoms with Crippen molar-refractivity contribution >= 4 is 23.3 Å². The average Bonchev–Trinajstić information content (AvgIpc) is 2.85. The Kier molecular flexibility index (Phi) is 5.01. The molecule has 0 aliphatic heterocycles. The third-order valence-corrected chi connectivity index (χ3v) is 3.79. The second kappa shape index (κ2) is 6.77. The van der Waals surface area contributed by atoms with Gasteiger partial charge in [-0.25, -0.2) is 0 Å². The van der Waals surface area contributed by atoms with Crippen LogP contribution in [0.5, 0.6) is 0 Å². The molecule has 0 bridgehead atoms. The predicted molar refractivity (Wildman–Crippen MR) is 95.1 cm³/mol. The van der Waals surface area contributed by atoms with Crippen LogP contribution in [0.4, 0.5) is 0 Å². The SMILES string of the molecule is C=CCC(N)c1ccccc1-c1nn(C)c2ccccc12.Cl. The van der Waals surface area contributed by atoms with Crippen LogP contribution in [0.3, 0.4) is 0 Å². The van der Waals surface area contributed by atoms with E-state index < -0.39 is 0 Å². The number of fused-ring (bicyclic) bond motifs is 1. The quantitative estimate of drug-likeness (QED) is 0.732. The molecule has 2 aromatic carbocycles. The summed E-state index contributed by atoms with van der Waals surface area (Å²) in [5, 5.41) is 5.85. The van der Waals surface area contributed by atoms with Crippen molar-refractivity contribution in [2.24, 2.45) is 12.8 Å². The molecule has 22 heavy (non-hydrogen) atoms. The first-order chi connectivity index (χ1) is 10.2. The van der Waals surface area contributed by atoms with E-state index >= 15 is 0 Å². The molecular formula is C18H20ClN3. The summed E-state index contributed by atoms with van der Waals surface area (Å²) in [5.74, 6) is 0. The number of hydrogen-bond acceptors (Lipinski definition) is 2. The molecule has 0 aliphatic carbocycles. The first kappa shape index (κ1) is 16.3. The topological polar surface area (TPSA) is 43.8 Å². The Balaban J connectivity index is 0.00000176. The number of rotatable bonds is 4. The minimum Gasteiger partial charge on any atom is -0.324 e. The van der Waals surface area contributed by atoms with E-state index in [4.69, 9.17) is 10.8 Å². The summed E-state index contributed by atoms with van der Waals surface area (Å²) in [6.07, 6.45) is 2.61. The fourth-order valence-electron chi connectivity index (χ4n) is 2.76. The van der Waals surface area contributed by atoms with Crippen LogP contribution in [-0.4, -0.2) is 9.78 Å². The molecule has 0 radical (unpaired) electrons. The Hall–Kier alpha value is -2.10. The minimum absolute atomic E-state index is 0. The molecule has 3 nitrogen and oxygen atoms in total. The standard InChI is InChI=1S/C18H19N3.ClH/c1-3-8-16(19)13-9-4-5-10-14(13)18-15-11-6-7-12-17(15)21(2)20-18;/h3-7,9-12,16H,1,8,19H2,2H3;1H. The summed E-state index contributed by atoms with van der Waals surface area (Å²) in [4.78, 5) is 0. The van der Waals surface area contributed by atoms with E-state index in [9.17, 15) is 0 Å². The summed E-state index contributed by atoms with van der Waals surface area (Å²) in [6, 6.07) is 16.4. The van der Waals surface area contributed by atoms with Crippen molar-refractivity contribution in [2.45, 2.75) is 12.5 Å². The molecule has 0 amide bonds. The molecule has 1 atom stereocenters. The Labute approximate surface area is 136 Å². The van der Waals surface area contributed by atoms with Crippen LogP contribution in [-0.2, 0) is 7.05 Å². The number of para-hydroxylation sites is 1. The van der Waals surface area contributed by atoms with Gasteiger partial charge in [-0.05, 0) is 18.1 Å². The number of aromatic nitrogens is 2. The van der Waals surface area contributed by atoms with E-state index in [0.29, 0.717) is 0 Å². The highest BCUT2D eigenvalue weighted by molar-refractivity contribution is 5.94. The smallest absolute Gasteiger partial charge is 0.100 e. The third kappa shape index (κ3) is 2.78. The van der Waals surface area contributed by atoms with Gasteiger partial charge in [-0.1, -0.05) is 48.5 Å². The van der Waals surface area contributed by atoms with E-state index in [0.717, 1.165) is 34.1 Å². The third-order valence-electron chi connectivity index (χ3n) is 3.79. The highest BCUT2D eigenvalue weighted by atomic mass is 35.5. The van der Waals surface area contributed by atoms with Crippen LogP contribution in [0.2, 0.25) is 0 Å². The Morgan fingerprint density at radius 1 is 1.18 bits per heavy atom. The van der Waals surface area contributed by atoms with Crippen LogP contribution in [0, 0.1) is 0 Å². The van der Waals surface area contributed by atoms with Crippen molar-refractivity contribution in [1.82, 2.24) is 9.78 Å². The highest BCUT2D eigenvalue weighted by Crippen LogP contribution is 2.32. The molecule has 3 aromatic rings. The fraction of sp³-hybridized carbons (Fsp3) is 0.167.